The number of aryl methyl sites for hydroxylation is 2. The second kappa shape index (κ2) is 7.03. The van der Waals surface area contributed by atoms with Crippen LogP contribution < -0.4 is 10.6 Å². The molecule has 2 aromatic heterocycles. The Bertz CT molecular complexity index is 693. The highest BCUT2D eigenvalue weighted by Crippen LogP contribution is 2.26. The van der Waals surface area contributed by atoms with E-state index in [-0.39, 0.29) is 5.91 Å². The Morgan fingerprint density at radius 1 is 1.38 bits per heavy atom. The first kappa shape index (κ1) is 15.8. The second-order valence-corrected chi connectivity index (χ2v) is 7.76. The fourth-order valence-corrected chi connectivity index (χ4v) is 4.62. The average molecular weight is 345 g/mol. The van der Waals surface area contributed by atoms with Gasteiger partial charge in [-0.1, -0.05) is 0 Å². The van der Waals surface area contributed by atoms with E-state index in [9.17, 15) is 4.79 Å². The Labute approximate surface area is 145 Å². The first-order valence-electron chi connectivity index (χ1n) is 8.81. The lowest BCUT2D eigenvalue weighted by atomic mass is 10.0. The van der Waals surface area contributed by atoms with Crippen molar-refractivity contribution in [1.82, 2.24) is 25.8 Å². The van der Waals surface area contributed by atoms with Crippen LogP contribution in [0.25, 0.3) is 0 Å². The van der Waals surface area contributed by atoms with Gasteiger partial charge in [0.15, 0.2) is 0 Å². The molecule has 1 aliphatic heterocycles. The number of carbonyl (C=O) groups excluding carboxylic acids is 1. The van der Waals surface area contributed by atoms with Gasteiger partial charge in [0.25, 0.3) is 5.91 Å². The van der Waals surface area contributed by atoms with E-state index in [1.807, 2.05) is 17.4 Å². The Kier molecular flexibility index (Phi) is 4.62. The van der Waals surface area contributed by atoms with Crippen LogP contribution in [-0.2, 0) is 19.3 Å². The van der Waals surface area contributed by atoms with Crippen LogP contribution in [0, 0.1) is 0 Å². The number of hydrogen-bond donors (Lipinski definition) is 3. The number of thiazole rings is 1. The number of amides is 1. The van der Waals surface area contributed by atoms with Gasteiger partial charge in [-0.2, -0.15) is 5.10 Å². The van der Waals surface area contributed by atoms with E-state index in [2.05, 4.69) is 20.8 Å². The summed E-state index contributed by atoms with van der Waals surface area (Å²) in [5.41, 5.74) is 2.82. The molecule has 1 aliphatic carbocycles. The third-order valence-corrected chi connectivity index (χ3v) is 6.06. The number of hydrogen-bond acceptors (Lipinski definition) is 5. The van der Waals surface area contributed by atoms with Crippen LogP contribution in [0.15, 0.2) is 6.07 Å². The van der Waals surface area contributed by atoms with Crippen LogP contribution in [0.2, 0.25) is 0 Å². The quantitative estimate of drug-likeness (QED) is 0.772. The minimum absolute atomic E-state index is 0.107. The molecule has 1 unspecified atom stereocenters. The van der Waals surface area contributed by atoms with E-state index in [0.29, 0.717) is 18.2 Å². The Morgan fingerprint density at radius 2 is 2.29 bits per heavy atom. The summed E-state index contributed by atoms with van der Waals surface area (Å²) in [6.07, 6.45) is 6.72. The molecule has 0 aromatic carbocycles. The number of nitrogens with zero attached hydrogens (tertiary/aromatic N) is 2. The average Bonchev–Trinajstić information content (AvgIpc) is 3.33. The molecule has 3 heterocycles. The van der Waals surface area contributed by atoms with Crippen molar-refractivity contribution < 1.29 is 4.79 Å². The predicted octanol–water partition coefficient (Wildman–Crippen LogP) is 1.79. The van der Waals surface area contributed by atoms with Crippen LogP contribution in [0.4, 0.5) is 0 Å². The van der Waals surface area contributed by atoms with Gasteiger partial charge in [-0.3, -0.25) is 9.89 Å². The summed E-state index contributed by atoms with van der Waals surface area (Å²) >= 11 is 1.81. The molecule has 1 fully saturated rings. The van der Waals surface area contributed by atoms with Crippen molar-refractivity contribution in [3.05, 3.63) is 33.0 Å². The summed E-state index contributed by atoms with van der Waals surface area (Å²) in [6, 6.07) is 1.88. The van der Waals surface area contributed by atoms with Crippen molar-refractivity contribution in [3.63, 3.8) is 0 Å². The number of H-pyrrole nitrogens is 1. The minimum atomic E-state index is -0.107. The Morgan fingerprint density at radius 3 is 3.12 bits per heavy atom. The van der Waals surface area contributed by atoms with Crippen molar-refractivity contribution in [1.29, 1.82) is 0 Å². The van der Waals surface area contributed by atoms with Crippen molar-refractivity contribution >= 4 is 17.2 Å². The minimum Gasteiger partial charge on any atom is -0.350 e. The van der Waals surface area contributed by atoms with Gasteiger partial charge in [0.2, 0.25) is 0 Å². The molecule has 1 saturated heterocycles. The van der Waals surface area contributed by atoms with E-state index in [4.69, 9.17) is 4.98 Å². The normalized spacial score (nSPS) is 20.1. The maximum atomic E-state index is 12.2. The zero-order valence-electron chi connectivity index (χ0n) is 13.7. The van der Waals surface area contributed by atoms with E-state index >= 15 is 0 Å². The van der Waals surface area contributed by atoms with Crippen LogP contribution >= 0.6 is 11.3 Å². The molecule has 0 saturated carbocycles. The Balaban J connectivity index is 1.29. The maximum Gasteiger partial charge on any atom is 0.271 e. The van der Waals surface area contributed by atoms with Crippen LogP contribution in [0.5, 0.6) is 0 Å². The standard InChI is InChI=1S/C17H23N5OS/c23-17(14-9-13(21-22-14)11-5-7-18-10-11)19-8-6-16-20-12-3-1-2-4-15(12)24-16/h9,11,18H,1-8,10H2,(H,19,23)(H,21,22). The van der Waals surface area contributed by atoms with Gasteiger partial charge >= 0.3 is 0 Å². The zero-order valence-corrected chi connectivity index (χ0v) is 14.5. The van der Waals surface area contributed by atoms with E-state index in [0.717, 1.165) is 43.1 Å². The first-order chi connectivity index (χ1) is 11.8. The molecule has 0 bridgehead atoms. The van der Waals surface area contributed by atoms with Gasteiger partial charge in [-0.15, -0.1) is 11.3 Å². The van der Waals surface area contributed by atoms with Crippen molar-refractivity contribution in [2.24, 2.45) is 0 Å². The lowest BCUT2D eigenvalue weighted by Crippen LogP contribution is -2.26. The summed E-state index contributed by atoms with van der Waals surface area (Å²) in [6.45, 7) is 2.60. The monoisotopic (exact) mass is 345 g/mol. The molecule has 0 radical (unpaired) electrons. The molecule has 2 aliphatic rings. The molecule has 6 nitrogen and oxygen atoms in total. The summed E-state index contributed by atoms with van der Waals surface area (Å²) in [7, 11) is 0. The van der Waals surface area contributed by atoms with Gasteiger partial charge in [-0.25, -0.2) is 4.98 Å². The predicted molar refractivity (Wildman–Crippen MR) is 93.6 cm³/mol. The number of carbonyl (C=O) groups is 1. The van der Waals surface area contributed by atoms with Crippen molar-refractivity contribution in [2.75, 3.05) is 19.6 Å². The topological polar surface area (TPSA) is 82.7 Å². The van der Waals surface area contributed by atoms with Crippen LogP contribution in [0.3, 0.4) is 0 Å². The Hall–Kier alpha value is -1.73. The molecule has 4 rings (SSSR count). The van der Waals surface area contributed by atoms with Gasteiger partial charge < -0.3 is 10.6 Å². The SMILES string of the molecule is O=C(NCCc1nc2c(s1)CCCC2)c1cc(C2CCNC2)[nH]n1. The van der Waals surface area contributed by atoms with Gasteiger partial charge in [0.05, 0.1) is 10.7 Å². The smallest absolute Gasteiger partial charge is 0.271 e. The molecule has 0 spiro atoms. The highest BCUT2D eigenvalue weighted by Gasteiger charge is 2.20. The molecule has 7 heteroatoms. The number of fused-ring (bicyclic) bond motifs is 1. The fourth-order valence-electron chi connectivity index (χ4n) is 3.47. The van der Waals surface area contributed by atoms with E-state index in [1.165, 1.54) is 29.8 Å². The van der Waals surface area contributed by atoms with Gasteiger partial charge in [0, 0.05) is 36.0 Å². The highest BCUT2D eigenvalue weighted by molar-refractivity contribution is 7.11. The van der Waals surface area contributed by atoms with Crippen molar-refractivity contribution in [2.45, 2.75) is 44.4 Å². The summed E-state index contributed by atoms with van der Waals surface area (Å²) in [4.78, 5) is 18.4. The summed E-state index contributed by atoms with van der Waals surface area (Å²) < 4.78 is 0. The largest absolute Gasteiger partial charge is 0.350 e. The van der Waals surface area contributed by atoms with Crippen LogP contribution in [-0.4, -0.2) is 40.7 Å². The molecule has 1 atom stereocenters. The fraction of sp³-hybridized carbons (Fsp3) is 0.588. The number of aromatic amines is 1. The number of aromatic nitrogens is 3. The third-order valence-electron chi connectivity index (χ3n) is 4.84. The van der Waals surface area contributed by atoms with Gasteiger partial charge in [-0.05, 0) is 44.7 Å². The maximum absolute atomic E-state index is 12.2. The molecule has 128 valence electrons. The molecular weight excluding hydrogens is 322 g/mol. The molecule has 2 aromatic rings. The zero-order chi connectivity index (χ0) is 16.4. The van der Waals surface area contributed by atoms with E-state index < -0.39 is 0 Å². The molecule has 24 heavy (non-hydrogen) atoms. The lowest BCUT2D eigenvalue weighted by Gasteiger charge is -2.06. The number of rotatable bonds is 5. The summed E-state index contributed by atoms with van der Waals surface area (Å²) in [5, 5.41) is 14.6. The van der Waals surface area contributed by atoms with Crippen LogP contribution in [0.1, 0.15) is 56.9 Å². The second-order valence-electron chi connectivity index (χ2n) is 6.59. The summed E-state index contributed by atoms with van der Waals surface area (Å²) in [5.74, 6) is 0.338. The third kappa shape index (κ3) is 3.37. The molecular formula is C17H23N5OS. The molecule has 3 N–H and O–H groups in total. The first-order valence-corrected chi connectivity index (χ1v) is 9.63. The van der Waals surface area contributed by atoms with Gasteiger partial charge in [0.1, 0.15) is 5.69 Å². The number of nitrogens with one attached hydrogen (secondary N) is 3. The molecule has 1 amide bonds. The lowest BCUT2D eigenvalue weighted by molar-refractivity contribution is 0.0949. The van der Waals surface area contributed by atoms with E-state index in [1.54, 1.807) is 0 Å². The van der Waals surface area contributed by atoms with Crippen molar-refractivity contribution in [3.8, 4) is 0 Å². The highest BCUT2D eigenvalue weighted by atomic mass is 32.1.